The van der Waals surface area contributed by atoms with Gasteiger partial charge in [-0.3, -0.25) is 14.6 Å². The maximum Gasteiger partial charge on any atom is 0.452 e. The predicted molar refractivity (Wildman–Crippen MR) is 132 cm³/mol. The third kappa shape index (κ3) is 6.21. The monoisotopic (exact) mass is 508 g/mol. The van der Waals surface area contributed by atoms with Crippen LogP contribution in [0.25, 0.3) is 22.7 Å². The second-order valence-electron chi connectivity index (χ2n) is 8.63. The van der Waals surface area contributed by atoms with Crippen molar-refractivity contribution in [2.24, 2.45) is 5.92 Å². The minimum absolute atomic E-state index is 0.173. The van der Waals surface area contributed by atoms with Crippen LogP contribution in [0.1, 0.15) is 40.5 Å². The standard InChI is InChI=1S/C27H23F3N4O3/c1-16(2)14-32-24(35)18-10-8-17(9-11-18)21-13-12-20(15-31-21)33-25(36)22-23(27(28,29)30)37-26(34-22)19-6-4-3-5-7-19/h3-13,15-16H,14H2,1-2H3,(H,32,35)(H,33,36). The van der Waals surface area contributed by atoms with Gasteiger partial charge in [0.05, 0.1) is 17.6 Å². The van der Waals surface area contributed by atoms with E-state index in [2.05, 4.69) is 20.6 Å². The summed E-state index contributed by atoms with van der Waals surface area (Å²) in [6.45, 7) is 4.58. The third-order valence-electron chi connectivity index (χ3n) is 5.26. The average Bonchev–Trinajstić information content (AvgIpc) is 3.35. The number of hydrogen-bond donors (Lipinski definition) is 2. The Morgan fingerprint density at radius 1 is 0.919 bits per heavy atom. The van der Waals surface area contributed by atoms with Gasteiger partial charge in [0.2, 0.25) is 11.7 Å². The molecule has 2 N–H and O–H groups in total. The van der Waals surface area contributed by atoms with Crippen LogP contribution in [0.5, 0.6) is 0 Å². The van der Waals surface area contributed by atoms with Gasteiger partial charge in [0.25, 0.3) is 11.8 Å². The van der Waals surface area contributed by atoms with E-state index in [9.17, 15) is 22.8 Å². The van der Waals surface area contributed by atoms with Crippen molar-refractivity contribution >= 4 is 17.5 Å². The lowest BCUT2D eigenvalue weighted by Crippen LogP contribution is -2.27. The van der Waals surface area contributed by atoms with Gasteiger partial charge in [-0.15, -0.1) is 0 Å². The molecule has 2 aromatic heterocycles. The Hall–Kier alpha value is -4.47. The van der Waals surface area contributed by atoms with E-state index in [1.54, 1.807) is 48.5 Å². The number of alkyl halides is 3. The van der Waals surface area contributed by atoms with Crippen LogP contribution in [0, 0.1) is 5.92 Å². The van der Waals surface area contributed by atoms with Crippen LogP contribution in [-0.2, 0) is 6.18 Å². The summed E-state index contributed by atoms with van der Waals surface area (Å²) in [6.07, 6.45) is -3.59. The largest absolute Gasteiger partial charge is 0.452 e. The number of halogens is 3. The molecular weight excluding hydrogens is 485 g/mol. The van der Waals surface area contributed by atoms with Crippen molar-refractivity contribution in [3.05, 3.63) is 89.9 Å². The van der Waals surface area contributed by atoms with Crippen LogP contribution in [0.2, 0.25) is 0 Å². The first-order valence-electron chi connectivity index (χ1n) is 11.4. The van der Waals surface area contributed by atoms with E-state index in [1.807, 2.05) is 13.8 Å². The molecule has 7 nitrogen and oxygen atoms in total. The van der Waals surface area contributed by atoms with Gasteiger partial charge in [-0.1, -0.05) is 44.2 Å². The van der Waals surface area contributed by atoms with Crippen LogP contribution in [-0.4, -0.2) is 28.3 Å². The number of benzene rings is 2. The lowest BCUT2D eigenvalue weighted by atomic mass is 10.1. The second kappa shape index (κ2) is 10.7. The lowest BCUT2D eigenvalue weighted by molar-refractivity contribution is -0.153. The molecule has 0 unspecified atom stereocenters. The maximum atomic E-state index is 13.5. The number of nitrogens with zero attached hydrogens (tertiary/aromatic N) is 2. The Morgan fingerprint density at radius 3 is 2.22 bits per heavy atom. The molecule has 0 aliphatic carbocycles. The summed E-state index contributed by atoms with van der Waals surface area (Å²) < 4.78 is 45.5. The molecule has 0 atom stereocenters. The number of amides is 2. The number of carbonyl (C=O) groups is 2. The average molecular weight is 509 g/mol. The Labute approximate surface area is 210 Å². The van der Waals surface area contributed by atoms with E-state index in [-0.39, 0.29) is 17.5 Å². The molecule has 4 aromatic rings. The molecule has 0 aliphatic heterocycles. The summed E-state index contributed by atoms with van der Waals surface area (Å²) in [4.78, 5) is 32.9. The lowest BCUT2D eigenvalue weighted by Gasteiger charge is -2.09. The van der Waals surface area contributed by atoms with Crippen molar-refractivity contribution in [3.8, 4) is 22.7 Å². The van der Waals surface area contributed by atoms with Crippen molar-refractivity contribution in [1.29, 1.82) is 0 Å². The number of hydrogen-bond acceptors (Lipinski definition) is 5. The molecule has 0 spiro atoms. The second-order valence-corrected chi connectivity index (χ2v) is 8.63. The number of pyridine rings is 1. The van der Waals surface area contributed by atoms with Crippen LogP contribution in [0.4, 0.5) is 18.9 Å². The number of nitrogens with one attached hydrogen (secondary N) is 2. The topological polar surface area (TPSA) is 97.1 Å². The van der Waals surface area contributed by atoms with E-state index >= 15 is 0 Å². The van der Waals surface area contributed by atoms with Gasteiger partial charge in [-0.2, -0.15) is 13.2 Å². The van der Waals surface area contributed by atoms with Crippen molar-refractivity contribution in [2.45, 2.75) is 20.0 Å². The smallest absolute Gasteiger partial charge is 0.431 e. The van der Waals surface area contributed by atoms with E-state index < -0.39 is 23.5 Å². The molecule has 0 aliphatic rings. The van der Waals surface area contributed by atoms with Crippen molar-refractivity contribution in [3.63, 3.8) is 0 Å². The molecule has 37 heavy (non-hydrogen) atoms. The Bertz CT molecular complexity index is 1380. The first-order chi connectivity index (χ1) is 17.6. The minimum Gasteiger partial charge on any atom is -0.431 e. The molecule has 0 fully saturated rings. The van der Waals surface area contributed by atoms with Gasteiger partial charge in [-0.05, 0) is 42.3 Å². The molecule has 0 saturated heterocycles. The zero-order valence-electron chi connectivity index (χ0n) is 20.0. The van der Waals surface area contributed by atoms with Gasteiger partial charge >= 0.3 is 6.18 Å². The van der Waals surface area contributed by atoms with Gasteiger partial charge in [0, 0.05) is 23.2 Å². The quantitative estimate of drug-likeness (QED) is 0.316. The predicted octanol–water partition coefficient (Wildman–Crippen LogP) is 6.06. The zero-order chi connectivity index (χ0) is 26.6. The Kier molecular flexibility index (Phi) is 7.37. The van der Waals surface area contributed by atoms with Gasteiger partial charge < -0.3 is 15.1 Å². The molecule has 190 valence electrons. The fraction of sp³-hybridized carbons (Fsp3) is 0.185. The van der Waals surface area contributed by atoms with Crippen LogP contribution in [0.15, 0.2) is 77.3 Å². The van der Waals surface area contributed by atoms with Crippen LogP contribution >= 0.6 is 0 Å². The highest BCUT2D eigenvalue weighted by Gasteiger charge is 2.42. The third-order valence-corrected chi connectivity index (χ3v) is 5.26. The van der Waals surface area contributed by atoms with E-state index in [0.717, 1.165) is 5.56 Å². The van der Waals surface area contributed by atoms with Gasteiger partial charge in [0.15, 0.2) is 5.69 Å². The van der Waals surface area contributed by atoms with Crippen LogP contribution in [0.3, 0.4) is 0 Å². The molecule has 2 aromatic carbocycles. The molecule has 10 heteroatoms. The SMILES string of the molecule is CC(C)CNC(=O)c1ccc(-c2ccc(NC(=O)c3nc(-c4ccccc4)oc3C(F)(F)F)cn2)cc1. The van der Waals surface area contributed by atoms with Crippen molar-refractivity contribution in [1.82, 2.24) is 15.3 Å². The Balaban J connectivity index is 1.49. The van der Waals surface area contributed by atoms with Crippen molar-refractivity contribution in [2.75, 3.05) is 11.9 Å². The van der Waals surface area contributed by atoms with Crippen LogP contribution < -0.4 is 10.6 Å². The van der Waals surface area contributed by atoms with Gasteiger partial charge in [-0.25, -0.2) is 4.98 Å². The molecule has 0 bridgehead atoms. The number of oxazole rings is 1. The summed E-state index contributed by atoms with van der Waals surface area (Å²) in [5, 5.41) is 5.23. The summed E-state index contributed by atoms with van der Waals surface area (Å²) in [5.41, 5.74) is 1.40. The van der Waals surface area contributed by atoms with E-state index in [1.165, 1.54) is 24.4 Å². The molecule has 0 saturated carbocycles. The summed E-state index contributed by atoms with van der Waals surface area (Å²) in [7, 11) is 0. The molecule has 2 heterocycles. The summed E-state index contributed by atoms with van der Waals surface area (Å²) in [6, 6.07) is 17.9. The minimum atomic E-state index is -4.91. The normalized spacial score (nSPS) is 11.4. The Morgan fingerprint density at radius 2 is 1.62 bits per heavy atom. The highest BCUT2D eigenvalue weighted by atomic mass is 19.4. The van der Waals surface area contributed by atoms with Crippen molar-refractivity contribution < 1.29 is 27.2 Å². The number of anilines is 1. The molecule has 2 amide bonds. The number of carbonyl (C=O) groups excluding carboxylic acids is 2. The highest BCUT2D eigenvalue weighted by Crippen LogP contribution is 2.35. The van der Waals surface area contributed by atoms with E-state index in [4.69, 9.17) is 4.42 Å². The zero-order valence-corrected chi connectivity index (χ0v) is 20.0. The fourth-order valence-electron chi connectivity index (χ4n) is 3.39. The molecular formula is C27H23F3N4O3. The molecule has 0 radical (unpaired) electrons. The first-order valence-corrected chi connectivity index (χ1v) is 11.4. The summed E-state index contributed by atoms with van der Waals surface area (Å²) in [5.74, 6) is -2.71. The maximum absolute atomic E-state index is 13.5. The number of rotatable bonds is 7. The van der Waals surface area contributed by atoms with E-state index in [0.29, 0.717) is 29.3 Å². The highest BCUT2D eigenvalue weighted by molar-refractivity contribution is 6.04. The fourth-order valence-corrected chi connectivity index (χ4v) is 3.39. The summed E-state index contributed by atoms with van der Waals surface area (Å²) >= 11 is 0. The first kappa shape index (κ1) is 25.6. The number of aromatic nitrogens is 2. The molecule has 4 rings (SSSR count). The van der Waals surface area contributed by atoms with Gasteiger partial charge in [0.1, 0.15) is 0 Å².